The third kappa shape index (κ3) is 3.66. The molecule has 0 aliphatic rings. The van der Waals surface area contributed by atoms with Crippen molar-refractivity contribution >= 4 is 23.5 Å². The lowest BCUT2D eigenvalue weighted by molar-refractivity contribution is -0.140. The van der Waals surface area contributed by atoms with Gasteiger partial charge in [-0.2, -0.15) is 0 Å². The summed E-state index contributed by atoms with van der Waals surface area (Å²) in [5.41, 5.74) is -0.329. The molecule has 0 saturated carbocycles. The van der Waals surface area contributed by atoms with Crippen LogP contribution in [-0.4, -0.2) is 30.9 Å². The van der Waals surface area contributed by atoms with Crippen LogP contribution >= 0.6 is 11.6 Å². The van der Waals surface area contributed by atoms with Crippen molar-refractivity contribution < 1.29 is 23.1 Å². The van der Waals surface area contributed by atoms with Gasteiger partial charge < -0.3 is 10.1 Å². The van der Waals surface area contributed by atoms with Crippen LogP contribution in [0.3, 0.4) is 0 Å². The Balaban J connectivity index is 2.63. The predicted molar refractivity (Wildman–Crippen MR) is 60.3 cm³/mol. The van der Waals surface area contributed by atoms with Crippen LogP contribution in [0.5, 0.6) is 0 Å². The summed E-state index contributed by atoms with van der Waals surface area (Å²) in [6.07, 6.45) is 0. The first-order valence-electron chi connectivity index (χ1n) is 4.91. The lowest BCUT2D eigenvalue weighted by Gasteiger charge is -2.09. The van der Waals surface area contributed by atoms with Crippen LogP contribution in [0.4, 0.5) is 8.78 Å². The number of esters is 1. The monoisotopic (exact) mass is 277 g/mol. The summed E-state index contributed by atoms with van der Waals surface area (Å²) in [4.78, 5) is 22.5. The molecule has 0 aliphatic carbocycles. The summed E-state index contributed by atoms with van der Waals surface area (Å²) in [5, 5.41) is 1.17. The number of halogens is 3. The maximum absolute atomic E-state index is 13.2. The van der Waals surface area contributed by atoms with E-state index in [4.69, 9.17) is 11.6 Å². The molecule has 0 spiro atoms. The van der Waals surface area contributed by atoms with Gasteiger partial charge in [0.2, 0.25) is 0 Å². The van der Waals surface area contributed by atoms with Crippen molar-refractivity contribution in [3.8, 4) is 0 Å². The van der Waals surface area contributed by atoms with E-state index in [-0.39, 0.29) is 12.1 Å². The van der Waals surface area contributed by atoms with E-state index in [9.17, 15) is 18.4 Å². The maximum atomic E-state index is 13.2. The van der Waals surface area contributed by atoms with Gasteiger partial charge in [-0.1, -0.05) is 0 Å². The number of amides is 1. The van der Waals surface area contributed by atoms with Gasteiger partial charge in [-0.3, -0.25) is 9.59 Å². The minimum atomic E-state index is -1.07. The first-order chi connectivity index (χ1) is 8.45. The van der Waals surface area contributed by atoms with Crippen LogP contribution in [0, 0.1) is 11.6 Å². The Morgan fingerprint density at radius 1 is 1.44 bits per heavy atom. The Morgan fingerprint density at radius 2 is 2.11 bits per heavy atom. The molecule has 1 N–H and O–H groups in total. The summed E-state index contributed by atoms with van der Waals surface area (Å²) >= 11 is 5.58. The van der Waals surface area contributed by atoms with Gasteiger partial charge in [0, 0.05) is 12.6 Å². The van der Waals surface area contributed by atoms with E-state index in [1.807, 2.05) is 0 Å². The van der Waals surface area contributed by atoms with E-state index < -0.39 is 28.9 Å². The number of alkyl halides is 1. The number of hydrogen-bond acceptors (Lipinski definition) is 3. The van der Waals surface area contributed by atoms with Crippen molar-refractivity contribution in [2.75, 3.05) is 13.7 Å². The molecule has 7 heteroatoms. The molecule has 0 radical (unpaired) electrons. The Labute approximate surface area is 107 Å². The zero-order chi connectivity index (χ0) is 13.7. The highest BCUT2D eigenvalue weighted by atomic mass is 35.5. The lowest BCUT2D eigenvalue weighted by atomic mass is 10.2. The van der Waals surface area contributed by atoms with E-state index in [1.54, 1.807) is 0 Å². The Bertz CT molecular complexity index is 468. The van der Waals surface area contributed by atoms with E-state index in [0.717, 1.165) is 19.2 Å². The number of nitrogens with one attached hydrogen (secondary N) is 1. The zero-order valence-corrected chi connectivity index (χ0v) is 10.1. The molecule has 0 heterocycles. The Hall–Kier alpha value is -1.69. The van der Waals surface area contributed by atoms with Crippen LogP contribution in [0.1, 0.15) is 10.4 Å². The summed E-state index contributed by atoms with van der Waals surface area (Å²) in [5.74, 6) is -3.27. The van der Waals surface area contributed by atoms with E-state index in [1.165, 1.54) is 0 Å². The highest BCUT2D eigenvalue weighted by Gasteiger charge is 2.18. The maximum Gasteiger partial charge on any atom is 0.325 e. The highest BCUT2D eigenvalue weighted by Crippen LogP contribution is 2.09. The molecule has 0 saturated heterocycles. The van der Waals surface area contributed by atoms with Crippen molar-refractivity contribution in [3.05, 3.63) is 35.4 Å². The summed E-state index contributed by atoms with van der Waals surface area (Å²) < 4.78 is 30.2. The van der Waals surface area contributed by atoms with Crippen LogP contribution < -0.4 is 5.32 Å². The number of carbonyl (C=O) groups is 2. The van der Waals surface area contributed by atoms with Gasteiger partial charge in [0.15, 0.2) is 0 Å². The molecule has 18 heavy (non-hydrogen) atoms. The van der Waals surface area contributed by atoms with Crippen LogP contribution in [-0.2, 0) is 9.53 Å². The second-order valence-corrected chi connectivity index (χ2v) is 3.85. The van der Waals surface area contributed by atoms with Gasteiger partial charge in [-0.15, -0.1) is 11.6 Å². The molecule has 4 nitrogen and oxygen atoms in total. The van der Waals surface area contributed by atoms with Gasteiger partial charge in [-0.25, -0.2) is 8.78 Å². The van der Waals surface area contributed by atoms with Gasteiger partial charge in [0.25, 0.3) is 5.91 Å². The van der Waals surface area contributed by atoms with E-state index in [2.05, 4.69) is 10.1 Å². The molecule has 1 atom stereocenters. The molecular formula is C11H10ClF2NO3. The van der Waals surface area contributed by atoms with Crippen LogP contribution in [0.25, 0.3) is 0 Å². The standard InChI is InChI=1S/C11H10ClF2NO3/c1-18-11(17)8(12)5-15-10(16)7-3-2-6(13)4-9(7)14/h2-4,8H,5H2,1H3,(H,15,16). The zero-order valence-electron chi connectivity index (χ0n) is 9.38. The molecule has 0 fully saturated rings. The quantitative estimate of drug-likeness (QED) is 0.670. The molecule has 0 bridgehead atoms. The lowest BCUT2D eigenvalue weighted by Crippen LogP contribution is -2.34. The third-order valence-electron chi connectivity index (χ3n) is 2.07. The fraction of sp³-hybridized carbons (Fsp3) is 0.273. The average molecular weight is 278 g/mol. The number of ether oxygens (including phenoxy) is 1. The van der Waals surface area contributed by atoms with Crippen molar-refractivity contribution in [1.82, 2.24) is 5.32 Å². The van der Waals surface area contributed by atoms with Gasteiger partial charge in [0.05, 0.1) is 12.7 Å². The van der Waals surface area contributed by atoms with Crippen molar-refractivity contribution in [1.29, 1.82) is 0 Å². The molecule has 1 unspecified atom stereocenters. The first kappa shape index (κ1) is 14.4. The first-order valence-corrected chi connectivity index (χ1v) is 5.34. The third-order valence-corrected chi connectivity index (χ3v) is 2.41. The average Bonchev–Trinajstić information content (AvgIpc) is 2.34. The number of rotatable bonds is 4. The second kappa shape index (κ2) is 6.30. The Morgan fingerprint density at radius 3 is 2.67 bits per heavy atom. The summed E-state index contributed by atoms with van der Waals surface area (Å²) in [7, 11) is 1.15. The molecule has 1 rings (SSSR count). The molecular weight excluding hydrogens is 268 g/mol. The minimum absolute atomic E-state index is 0.218. The number of methoxy groups -OCH3 is 1. The molecule has 0 aromatic heterocycles. The van der Waals surface area contributed by atoms with Gasteiger partial charge >= 0.3 is 5.97 Å². The molecule has 1 aromatic carbocycles. The SMILES string of the molecule is COC(=O)C(Cl)CNC(=O)c1ccc(F)cc1F. The summed E-state index contributed by atoms with van der Waals surface area (Å²) in [6.45, 7) is -0.218. The molecule has 0 aliphatic heterocycles. The number of benzene rings is 1. The van der Waals surface area contributed by atoms with Crippen LogP contribution in [0.2, 0.25) is 0 Å². The van der Waals surface area contributed by atoms with E-state index in [0.29, 0.717) is 6.07 Å². The van der Waals surface area contributed by atoms with Gasteiger partial charge in [0.1, 0.15) is 17.0 Å². The molecule has 1 aromatic rings. The Kier molecular flexibility index (Phi) is 5.03. The fourth-order valence-electron chi connectivity index (χ4n) is 1.16. The summed E-state index contributed by atoms with van der Waals surface area (Å²) in [6, 6.07) is 2.55. The van der Waals surface area contributed by atoms with Crippen LogP contribution in [0.15, 0.2) is 18.2 Å². The van der Waals surface area contributed by atoms with Crippen molar-refractivity contribution in [2.24, 2.45) is 0 Å². The minimum Gasteiger partial charge on any atom is -0.468 e. The van der Waals surface area contributed by atoms with Crippen molar-refractivity contribution in [2.45, 2.75) is 5.38 Å². The van der Waals surface area contributed by atoms with E-state index >= 15 is 0 Å². The molecule has 98 valence electrons. The topological polar surface area (TPSA) is 55.4 Å². The fourth-order valence-corrected chi connectivity index (χ4v) is 1.33. The van der Waals surface area contributed by atoms with Gasteiger partial charge in [-0.05, 0) is 12.1 Å². The number of carbonyl (C=O) groups excluding carboxylic acids is 2. The normalized spacial score (nSPS) is 11.8. The van der Waals surface area contributed by atoms with Crippen molar-refractivity contribution in [3.63, 3.8) is 0 Å². The molecule has 1 amide bonds. The largest absolute Gasteiger partial charge is 0.468 e. The second-order valence-electron chi connectivity index (χ2n) is 3.32. The highest BCUT2D eigenvalue weighted by molar-refractivity contribution is 6.30. The predicted octanol–water partition coefficient (Wildman–Crippen LogP) is 1.47. The number of hydrogen-bond donors (Lipinski definition) is 1. The smallest absolute Gasteiger partial charge is 0.325 e.